The number of fused-ring (bicyclic) bond motifs is 1. The van der Waals surface area contributed by atoms with Crippen LogP contribution in [0.2, 0.25) is 0 Å². The number of aliphatic imine (C=N–C) groups is 1. The molecule has 0 radical (unpaired) electrons. The summed E-state index contributed by atoms with van der Waals surface area (Å²) in [5.74, 6) is -0.0812. The smallest absolute Gasteiger partial charge is 0.363 e. The van der Waals surface area contributed by atoms with Gasteiger partial charge in [0, 0.05) is 23.4 Å². The number of carbonyl (C=O) groups is 1. The van der Waals surface area contributed by atoms with E-state index in [1.165, 1.54) is 22.4 Å². The average molecular weight is 435 g/mol. The molecule has 4 nitrogen and oxygen atoms in total. The highest BCUT2D eigenvalue weighted by atomic mass is 16.6. The number of benzene rings is 3. The van der Waals surface area contributed by atoms with Crippen molar-refractivity contribution in [2.45, 2.75) is 32.9 Å². The van der Waals surface area contributed by atoms with Gasteiger partial charge in [0.05, 0.1) is 5.54 Å². The van der Waals surface area contributed by atoms with Crippen LogP contribution in [-0.4, -0.2) is 17.4 Å². The van der Waals surface area contributed by atoms with Crippen LogP contribution in [-0.2, 0) is 16.1 Å². The highest BCUT2D eigenvalue weighted by molar-refractivity contribution is 6.12. The summed E-state index contributed by atoms with van der Waals surface area (Å²) in [5, 5.41) is 0. The summed E-state index contributed by atoms with van der Waals surface area (Å²) in [7, 11) is 0. The molecule has 0 aliphatic carbocycles. The minimum absolute atomic E-state index is 0.114. The minimum atomic E-state index is -0.425. The van der Waals surface area contributed by atoms with Gasteiger partial charge in [-0.25, -0.2) is 9.79 Å². The number of hydrogen-bond acceptors (Lipinski definition) is 4. The predicted molar refractivity (Wildman–Crippen MR) is 134 cm³/mol. The fourth-order valence-electron chi connectivity index (χ4n) is 4.52. The largest absolute Gasteiger partial charge is 0.402 e. The molecule has 0 amide bonds. The van der Waals surface area contributed by atoms with Crippen LogP contribution in [0.5, 0.6) is 0 Å². The van der Waals surface area contributed by atoms with Crippen LogP contribution >= 0.6 is 0 Å². The van der Waals surface area contributed by atoms with Gasteiger partial charge in [-0.1, -0.05) is 60.7 Å². The van der Waals surface area contributed by atoms with Crippen LogP contribution < -0.4 is 4.90 Å². The summed E-state index contributed by atoms with van der Waals surface area (Å²) in [4.78, 5) is 19.3. The van der Waals surface area contributed by atoms with E-state index in [9.17, 15) is 4.79 Å². The Balaban J connectivity index is 1.50. The molecule has 0 fully saturated rings. The maximum absolute atomic E-state index is 12.4. The Labute approximate surface area is 194 Å². The third kappa shape index (κ3) is 4.12. The van der Waals surface area contributed by atoms with Gasteiger partial charge in [-0.3, -0.25) is 0 Å². The van der Waals surface area contributed by atoms with Crippen molar-refractivity contribution >= 4 is 29.2 Å². The molecule has 0 unspecified atom stereocenters. The maximum Gasteiger partial charge on any atom is 0.363 e. The second-order valence-corrected chi connectivity index (χ2v) is 9.03. The summed E-state index contributed by atoms with van der Waals surface area (Å²) < 4.78 is 5.40. The Morgan fingerprint density at radius 2 is 1.67 bits per heavy atom. The summed E-state index contributed by atoms with van der Waals surface area (Å²) in [5.41, 5.74) is 6.76. The van der Waals surface area contributed by atoms with Gasteiger partial charge in [0.15, 0.2) is 5.70 Å². The molecule has 33 heavy (non-hydrogen) atoms. The van der Waals surface area contributed by atoms with E-state index in [2.05, 4.69) is 73.1 Å². The molecule has 0 aromatic heterocycles. The molecule has 0 bridgehead atoms. The van der Waals surface area contributed by atoms with Crippen molar-refractivity contribution in [1.82, 2.24) is 0 Å². The number of nitrogens with zero attached hydrogens (tertiary/aromatic N) is 2. The van der Waals surface area contributed by atoms with E-state index in [1.807, 2.05) is 42.5 Å². The fourth-order valence-corrected chi connectivity index (χ4v) is 4.52. The van der Waals surface area contributed by atoms with Crippen LogP contribution in [0.25, 0.3) is 11.6 Å². The lowest BCUT2D eigenvalue weighted by atomic mass is 9.87. The maximum atomic E-state index is 12.4. The lowest BCUT2D eigenvalue weighted by molar-refractivity contribution is -0.129. The molecule has 0 saturated carbocycles. The molecule has 0 N–H and O–H groups in total. The topological polar surface area (TPSA) is 41.9 Å². The van der Waals surface area contributed by atoms with Gasteiger partial charge in [0.2, 0.25) is 5.90 Å². The van der Waals surface area contributed by atoms with Gasteiger partial charge >= 0.3 is 5.97 Å². The normalized spacial score (nSPS) is 18.0. The van der Waals surface area contributed by atoms with E-state index in [0.717, 1.165) is 17.7 Å². The van der Waals surface area contributed by atoms with Crippen LogP contribution in [0.3, 0.4) is 0 Å². The number of rotatable bonds is 4. The molecule has 4 heteroatoms. The second-order valence-electron chi connectivity index (χ2n) is 9.03. The van der Waals surface area contributed by atoms with Crippen molar-refractivity contribution in [2.75, 3.05) is 4.90 Å². The summed E-state index contributed by atoms with van der Waals surface area (Å²) in [6.07, 6.45) is 4.11. The first kappa shape index (κ1) is 21.0. The van der Waals surface area contributed by atoms with Crippen molar-refractivity contribution < 1.29 is 9.53 Å². The fraction of sp³-hybridized carbons (Fsp3) is 0.172. The third-order valence-electron chi connectivity index (χ3n) is 6.13. The first-order valence-corrected chi connectivity index (χ1v) is 11.1. The number of hydrogen-bond donors (Lipinski definition) is 0. The molecule has 2 aliphatic heterocycles. The van der Waals surface area contributed by atoms with Crippen LogP contribution in [0, 0.1) is 0 Å². The molecular formula is C29H26N2O2. The number of allylic oxidation sites excluding steroid dienone is 1. The van der Waals surface area contributed by atoms with Crippen LogP contribution in [0.1, 0.15) is 43.0 Å². The molecule has 5 rings (SSSR count). The standard InChI is InChI=1S/C29H26N2O2/c1-20-18-29(2,3)31(19-21-10-6-4-7-11-21)26-15-14-22(16-24(20)26)17-25-28(32)33-27(30-25)23-12-8-5-9-13-23/h4-18H,19H2,1-3H3. The molecule has 3 aromatic carbocycles. The quantitative estimate of drug-likeness (QED) is 0.361. The van der Waals surface area contributed by atoms with Gasteiger partial charge in [0.1, 0.15) is 0 Å². The average Bonchev–Trinajstić information content (AvgIpc) is 3.18. The molecule has 164 valence electrons. The molecule has 2 heterocycles. The van der Waals surface area contributed by atoms with Gasteiger partial charge in [0.25, 0.3) is 0 Å². The SMILES string of the molecule is CC1=CC(C)(C)N(Cc2ccccc2)c2ccc(C=C3N=C(c4ccccc4)OC3=O)cc21. The minimum Gasteiger partial charge on any atom is -0.402 e. The molecule has 0 saturated heterocycles. The zero-order valence-corrected chi connectivity index (χ0v) is 19.1. The van der Waals surface area contributed by atoms with Gasteiger partial charge in [-0.05, 0) is 67.8 Å². The molecule has 3 aromatic rings. The van der Waals surface area contributed by atoms with Crippen molar-refractivity contribution in [3.05, 3.63) is 113 Å². The number of carbonyl (C=O) groups excluding carboxylic acids is 1. The summed E-state index contributed by atoms with van der Waals surface area (Å²) >= 11 is 0. The van der Waals surface area contributed by atoms with Gasteiger partial charge in [-0.15, -0.1) is 0 Å². The van der Waals surface area contributed by atoms with Gasteiger partial charge < -0.3 is 9.64 Å². The van der Waals surface area contributed by atoms with E-state index in [4.69, 9.17) is 4.74 Å². The predicted octanol–water partition coefficient (Wildman–Crippen LogP) is 6.23. The number of anilines is 1. The highest BCUT2D eigenvalue weighted by Crippen LogP contribution is 2.40. The molecule has 0 atom stereocenters. The van der Waals surface area contributed by atoms with E-state index in [-0.39, 0.29) is 5.54 Å². The summed E-state index contributed by atoms with van der Waals surface area (Å²) in [6, 6.07) is 26.3. The Hall–Kier alpha value is -3.92. The van der Waals surface area contributed by atoms with E-state index in [0.29, 0.717) is 11.6 Å². The Bertz CT molecular complexity index is 1300. The molecule has 0 spiro atoms. The number of cyclic esters (lactones) is 1. The van der Waals surface area contributed by atoms with Crippen molar-refractivity contribution in [2.24, 2.45) is 4.99 Å². The zero-order valence-electron chi connectivity index (χ0n) is 19.1. The number of esters is 1. The highest BCUT2D eigenvalue weighted by Gasteiger charge is 2.31. The van der Waals surface area contributed by atoms with Crippen molar-refractivity contribution in [1.29, 1.82) is 0 Å². The van der Waals surface area contributed by atoms with Gasteiger partial charge in [-0.2, -0.15) is 0 Å². The lowest BCUT2D eigenvalue weighted by Gasteiger charge is -2.43. The molecular weight excluding hydrogens is 408 g/mol. The number of ether oxygens (including phenoxy) is 1. The summed E-state index contributed by atoms with van der Waals surface area (Å²) in [6.45, 7) is 7.45. The lowest BCUT2D eigenvalue weighted by Crippen LogP contribution is -2.44. The van der Waals surface area contributed by atoms with Crippen LogP contribution in [0.4, 0.5) is 5.69 Å². The third-order valence-corrected chi connectivity index (χ3v) is 6.13. The first-order valence-electron chi connectivity index (χ1n) is 11.1. The van der Waals surface area contributed by atoms with E-state index < -0.39 is 5.97 Å². The van der Waals surface area contributed by atoms with E-state index >= 15 is 0 Å². The van der Waals surface area contributed by atoms with Crippen LogP contribution in [0.15, 0.2) is 95.6 Å². The van der Waals surface area contributed by atoms with Crippen molar-refractivity contribution in [3.63, 3.8) is 0 Å². The van der Waals surface area contributed by atoms with E-state index in [1.54, 1.807) is 6.08 Å². The van der Waals surface area contributed by atoms with Crippen molar-refractivity contribution in [3.8, 4) is 0 Å². The Kier molecular flexibility index (Phi) is 5.21. The second kappa shape index (κ2) is 8.21. The molecule has 2 aliphatic rings. The monoisotopic (exact) mass is 434 g/mol. The Morgan fingerprint density at radius 1 is 0.970 bits per heavy atom. The first-order chi connectivity index (χ1) is 15.9. The zero-order chi connectivity index (χ0) is 23.0. The Morgan fingerprint density at radius 3 is 2.39 bits per heavy atom.